The summed E-state index contributed by atoms with van der Waals surface area (Å²) >= 11 is 9.49. The smallest absolute Gasteiger partial charge is 0.412 e. The largest absolute Gasteiger partial charge is 0.465 e. The van der Waals surface area contributed by atoms with Gasteiger partial charge in [-0.1, -0.05) is 24.4 Å². The Bertz CT molecular complexity index is 1200. The summed E-state index contributed by atoms with van der Waals surface area (Å²) in [5, 5.41) is 5.26. The SMILES string of the molecule is CC(=S)NC(=O)OC(C)(C)C.COC(=O)c1cc(F)cc(CN)c1.COC(=O)c1cc(F)cc(CNC(C)=S)c1. The van der Waals surface area contributed by atoms with Gasteiger partial charge in [-0.3, -0.25) is 5.32 Å². The van der Waals surface area contributed by atoms with Crippen molar-refractivity contribution in [3.8, 4) is 0 Å². The number of hydrogen-bond acceptors (Lipinski definition) is 9. The van der Waals surface area contributed by atoms with Gasteiger partial charge in [-0.15, -0.1) is 0 Å². The molecule has 0 unspecified atom stereocenters. The molecule has 0 saturated carbocycles. The first-order valence-corrected chi connectivity index (χ1v) is 12.5. The van der Waals surface area contributed by atoms with Gasteiger partial charge in [0.25, 0.3) is 0 Å². The standard InChI is InChI=1S/C11H12FNO2S.C9H10FNO2.C7H13NO2S/c1-7(16)13-6-8-3-9(11(14)15-2)5-10(12)4-8;1-13-9(12)7-2-6(5-11)3-8(10)4-7;1-5(11)8-6(9)10-7(2,3)4/h3-5H,6H2,1-2H3,(H,13,16);2-4H,5,11H2,1H3;1-4H3,(H,8,9,11). The molecule has 4 N–H and O–H groups in total. The van der Waals surface area contributed by atoms with Gasteiger partial charge in [-0.05, 0) is 82.1 Å². The summed E-state index contributed by atoms with van der Waals surface area (Å²) in [5.74, 6) is -2.07. The Labute approximate surface area is 243 Å². The van der Waals surface area contributed by atoms with Crippen molar-refractivity contribution >= 4 is 52.4 Å². The highest BCUT2D eigenvalue weighted by atomic mass is 32.1. The molecular formula is C27H35F2N3O6S2. The van der Waals surface area contributed by atoms with E-state index in [1.54, 1.807) is 40.7 Å². The fraction of sp³-hybridized carbons (Fsp3) is 0.370. The number of carbonyl (C=O) groups excluding carboxylic acids is 3. The van der Waals surface area contributed by atoms with E-state index in [0.717, 1.165) is 12.1 Å². The Morgan fingerprint density at radius 2 is 1.27 bits per heavy atom. The molecule has 1 amide bonds. The first-order valence-electron chi connectivity index (χ1n) is 11.7. The van der Waals surface area contributed by atoms with Gasteiger partial charge in [0, 0.05) is 13.1 Å². The number of amides is 1. The van der Waals surface area contributed by atoms with Crippen molar-refractivity contribution in [3.63, 3.8) is 0 Å². The minimum Gasteiger partial charge on any atom is -0.465 e. The van der Waals surface area contributed by atoms with Crippen molar-refractivity contribution < 1.29 is 37.4 Å². The fourth-order valence-corrected chi connectivity index (χ4v) is 2.82. The van der Waals surface area contributed by atoms with Crippen LogP contribution < -0.4 is 16.4 Å². The van der Waals surface area contributed by atoms with Crippen molar-refractivity contribution in [1.82, 2.24) is 10.6 Å². The normalized spacial score (nSPS) is 9.95. The first kappa shape index (κ1) is 36.5. The summed E-state index contributed by atoms with van der Waals surface area (Å²) in [7, 11) is 2.50. The second-order valence-electron chi connectivity index (χ2n) is 8.98. The van der Waals surface area contributed by atoms with Gasteiger partial charge in [-0.2, -0.15) is 0 Å². The summed E-state index contributed by atoms with van der Waals surface area (Å²) in [6, 6.07) is 7.96. The van der Waals surface area contributed by atoms with E-state index in [0.29, 0.717) is 27.6 Å². The van der Waals surface area contributed by atoms with E-state index in [9.17, 15) is 23.2 Å². The van der Waals surface area contributed by atoms with Gasteiger partial charge >= 0.3 is 18.0 Å². The second kappa shape index (κ2) is 17.9. The number of alkyl carbamates (subject to hydrolysis) is 1. The number of rotatable bonds is 5. The third-order valence-corrected chi connectivity index (χ3v) is 4.46. The zero-order valence-corrected chi connectivity index (χ0v) is 25.1. The minimum absolute atomic E-state index is 0.183. The molecule has 2 rings (SSSR count). The van der Waals surface area contributed by atoms with Gasteiger partial charge in [-0.25, -0.2) is 23.2 Å². The average molecular weight is 600 g/mol. The summed E-state index contributed by atoms with van der Waals surface area (Å²) in [5.41, 5.74) is 6.44. The van der Waals surface area contributed by atoms with E-state index in [1.165, 1.54) is 32.4 Å². The number of esters is 2. The number of benzene rings is 2. The third kappa shape index (κ3) is 16.4. The van der Waals surface area contributed by atoms with E-state index < -0.39 is 35.3 Å². The molecule has 2 aromatic rings. The summed E-state index contributed by atoms with van der Waals surface area (Å²) in [6.45, 7) is 9.33. The Morgan fingerprint density at radius 3 is 1.65 bits per heavy atom. The molecule has 0 radical (unpaired) electrons. The highest BCUT2D eigenvalue weighted by molar-refractivity contribution is 7.80. The van der Waals surface area contributed by atoms with Gasteiger partial charge < -0.3 is 25.3 Å². The van der Waals surface area contributed by atoms with Crippen molar-refractivity contribution in [1.29, 1.82) is 0 Å². The molecule has 0 bridgehead atoms. The van der Waals surface area contributed by atoms with Gasteiger partial charge in [0.05, 0.1) is 35.3 Å². The number of hydrogen-bond donors (Lipinski definition) is 3. The minimum atomic E-state index is -0.561. The lowest BCUT2D eigenvalue weighted by atomic mass is 10.1. The van der Waals surface area contributed by atoms with Crippen LogP contribution in [0.2, 0.25) is 0 Å². The molecule has 0 aliphatic heterocycles. The Balaban J connectivity index is 0.000000582. The number of carbonyl (C=O) groups is 3. The molecule has 220 valence electrons. The molecule has 0 aliphatic carbocycles. The van der Waals surface area contributed by atoms with E-state index >= 15 is 0 Å². The Hall–Kier alpha value is -3.55. The average Bonchev–Trinajstić information content (AvgIpc) is 2.84. The predicted octanol–water partition coefficient (Wildman–Crippen LogP) is 4.98. The quantitative estimate of drug-likeness (QED) is 0.246. The van der Waals surface area contributed by atoms with Crippen LogP contribution in [0, 0.1) is 11.6 Å². The molecule has 2 aromatic carbocycles. The molecule has 0 spiro atoms. The van der Waals surface area contributed by atoms with E-state index in [4.69, 9.17) is 22.7 Å². The van der Waals surface area contributed by atoms with E-state index in [-0.39, 0.29) is 17.7 Å². The van der Waals surface area contributed by atoms with Crippen LogP contribution in [0.4, 0.5) is 13.6 Å². The number of thiocarbonyl (C=S) groups is 2. The topological polar surface area (TPSA) is 129 Å². The third-order valence-electron chi connectivity index (χ3n) is 4.21. The van der Waals surface area contributed by atoms with Crippen molar-refractivity contribution in [2.45, 2.75) is 53.3 Å². The molecular weight excluding hydrogens is 564 g/mol. The zero-order valence-electron chi connectivity index (χ0n) is 23.5. The molecule has 0 aromatic heterocycles. The Morgan fingerprint density at radius 1 is 0.825 bits per heavy atom. The maximum absolute atomic E-state index is 13.2. The summed E-state index contributed by atoms with van der Waals surface area (Å²) < 4.78 is 39.9. The maximum Gasteiger partial charge on any atom is 0.412 e. The number of nitrogens with one attached hydrogen (secondary N) is 2. The monoisotopic (exact) mass is 599 g/mol. The molecule has 13 heteroatoms. The lowest BCUT2D eigenvalue weighted by molar-refractivity contribution is 0.0560. The highest BCUT2D eigenvalue weighted by Crippen LogP contribution is 2.11. The lowest BCUT2D eigenvalue weighted by Gasteiger charge is -2.19. The molecule has 0 saturated heterocycles. The number of nitrogens with two attached hydrogens (primary N) is 1. The van der Waals surface area contributed by atoms with Crippen LogP contribution in [-0.4, -0.2) is 47.8 Å². The summed E-state index contributed by atoms with van der Waals surface area (Å²) in [6.07, 6.45) is -0.495. The molecule has 0 atom stereocenters. The van der Waals surface area contributed by atoms with Crippen molar-refractivity contribution in [2.75, 3.05) is 14.2 Å². The highest BCUT2D eigenvalue weighted by Gasteiger charge is 2.15. The van der Waals surface area contributed by atoms with Crippen molar-refractivity contribution in [2.24, 2.45) is 5.73 Å². The molecule has 40 heavy (non-hydrogen) atoms. The molecule has 0 fully saturated rings. The van der Waals surface area contributed by atoms with Crippen LogP contribution in [-0.2, 0) is 27.3 Å². The molecule has 0 heterocycles. The van der Waals surface area contributed by atoms with E-state index in [1.807, 2.05) is 0 Å². The molecule has 0 aliphatic rings. The number of halogens is 2. The maximum atomic E-state index is 13.2. The first-order chi connectivity index (χ1) is 18.5. The zero-order chi connectivity index (χ0) is 31.0. The summed E-state index contributed by atoms with van der Waals surface area (Å²) in [4.78, 5) is 34.1. The van der Waals surface area contributed by atoms with E-state index in [2.05, 4.69) is 32.3 Å². The van der Waals surface area contributed by atoms with Crippen LogP contribution in [0.15, 0.2) is 36.4 Å². The molecule has 9 nitrogen and oxygen atoms in total. The van der Waals surface area contributed by atoms with Crippen LogP contribution in [0.1, 0.15) is 66.5 Å². The number of methoxy groups -OCH3 is 2. The van der Waals surface area contributed by atoms with Gasteiger partial charge in [0.1, 0.15) is 17.2 Å². The van der Waals surface area contributed by atoms with Crippen LogP contribution >= 0.6 is 24.4 Å². The van der Waals surface area contributed by atoms with Gasteiger partial charge in [0.2, 0.25) is 0 Å². The fourth-order valence-electron chi connectivity index (χ4n) is 2.67. The second-order valence-corrected chi connectivity index (χ2v) is 10.2. The van der Waals surface area contributed by atoms with Crippen LogP contribution in [0.5, 0.6) is 0 Å². The van der Waals surface area contributed by atoms with Crippen molar-refractivity contribution in [3.05, 3.63) is 70.3 Å². The van der Waals surface area contributed by atoms with Crippen LogP contribution in [0.25, 0.3) is 0 Å². The number of ether oxygens (including phenoxy) is 3. The predicted molar refractivity (Wildman–Crippen MR) is 156 cm³/mol. The van der Waals surface area contributed by atoms with Crippen LogP contribution in [0.3, 0.4) is 0 Å². The lowest BCUT2D eigenvalue weighted by Crippen LogP contribution is -2.34. The van der Waals surface area contributed by atoms with Gasteiger partial charge in [0.15, 0.2) is 0 Å². The Kier molecular flexibility index (Phi) is 16.3.